The molecule has 0 radical (unpaired) electrons. The lowest BCUT2D eigenvalue weighted by Gasteiger charge is -2.06. The Balaban J connectivity index is 2.21. The summed E-state index contributed by atoms with van der Waals surface area (Å²) in [4.78, 5) is 22.7. The minimum absolute atomic E-state index is 0.105. The summed E-state index contributed by atoms with van der Waals surface area (Å²) in [5.41, 5.74) is 5.70. The summed E-state index contributed by atoms with van der Waals surface area (Å²) < 4.78 is 5.14. The third kappa shape index (κ3) is 3.76. The molecule has 2 aromatic carbocycles. The molecule has 0 bridgehead atoms. The van der Waals surface area contributed by atoms with Gasteiger partial charge in [0.1, 0.15) is 5.75 Å². The van der Waals surface area contributed by atoms with E-state index in [0.29, 0.717) is 11.3 Å². The number of ether oxygens (including phenoxy) is 1. The molecule has 6 nitrogen and oxygen atoms in total. The number of carbonyl (C=O) groups excluding carboxylic acids is 1. The summed E-state index contributed by atoms with van der Waals surface area (Å²) in [6.45, 7) is 0. The van der Waals surface area contributed by atoms with Gasteiger partial charge in [0.15, 0.2) is 0 Å². The van der Waals surface area contributed by atoms with Crippen molar-refractivity contribution in [2.75, 3.05) is 7.11 Å². The van der Waals surface area contributed by atoms with Crippen LogP contribution in [0.2, 0.25) is 0 Å². The zero-order valence-electron chi connectivity index (χ0n) is 11.8. The lowest BCUT2D eigenvalue weighted by molar-refractivity contribution is -0.385. The fraction of sp³-hybridized carbons (Fsp3) is 0.133. The fourth-order valence-electron chi connectivity index (χ4n) is 1.86. The van der Waals surface area contributed by atoms with Gasteiger partial charge in [0.25, 0.3) is 5.69 Å². The van der Waals surface area contributed by atoms with Gasteiger partial charge >= 0.3 is 0 Å². The molecule has 0 aliphatic rings. The molecule has 7 heteroatoms. The average Bonchev–Trinajstić information content (AvgIpc) is 2.52. The molecule has 0 atom stereocenters. The Kier molecular flexibility index (Phi) is 5.00. The van der Waals surface area contributed by atoms with E-state index in [9.17, 15) is 14.9 Å². The van der Waals surface area contributed by atoms with Crippen molar-refractivity contribution < 1.29 is 14.5 Å². The van der Waals surface area contributed by atoms with E-state index in [1.807, 2.05) is 24.3 Å². The Morgan fingerprint density at radius 2 is 2.09 bits per heavy atom. The van der Waals surface area contributed by atoms with E-state index in [4.69, 9.17) is 10.5 Å². The Morgan fingerprint density at radius 1 is 1.32 bits per heavy atom. The van der Waals surface area contributed by atoms with Gasteiger partial charge in [0.05, 0.1) is 12.0 Å². The number of methoxy groups -OCH3 is 1. The first-order valence-electron chi connectivity index (χ1n) is 6.35. The number of carbonyl (C=O) groups is 1. The van der Waals surface area contributed by atoms with Crippen LogP contribution in [-0.4, -0.2) is 17.9 Å². The number of nitrogens with zero attached hydrogens (tertiary/aromatic N) is 1. The van der Waals surface area contributed by atoms with E-state index in [1.54, 1.807) is 13.2 Å². The number of hydrogen-bond donors (Lipinski definition) is 1. The zero-order chi connectivity index (χ0) is 16.1. The molecule has 0 unspecified atom stereocenters. The van der Waals surface area contributed by atoms with Gasteiger partial charge in [-0.3, -0.25) is 14.9 Å². The van der Waals surface area contributed by atoms with Crippen molar-refractivity contribution in [1.82, 2.24) is 0 Å². The Hall–Kier alpha value is -2.54. The molecule has 0 saturated heterocycles. The molecule has 0 aromatic heterocycles. The monoisotopic (exact) mass is 318 g/mol. The number of benzene rings is 2. The highest BCUT2D eigenvalue weighted by Gasteiger charge is 2.16. The standard InChI is InChI=1S/C15H14N2O4S/c1-21-12-3-2-4-13(8-12)22-9-11-6-5-10(15(16)18)7-14(11)17(19)20/h2-8H,9H2,1H3,(H2,16,18). The molecule has 2 N–H and O–H groups in total. The zero-order valence-corrected chi connectivity index (χ0v) is 12.6. The smallest absolute Gasteiger partial charge is 0.274 e. The number of thioether (sulfide) groups is 1. The van der Waals surface area contributed by atoms with Crippen LogP contribution in [-0.2, 0) is 5.75 Å². The largest absolute Gasteiger partial charge is 0.497 e. The molecule has 0 aliphatic heterocycles. The number of nitro benzene ring substituents is 1. The number of rotatable bonds is 6. The lowest BCUT2D eigenvalue weighted by atomic mass is 10.1. The Bertz CT molecular complexity index is 718. The summed E-state index contributed by atoms with van der Waals surface area (Å²) in [6.07, 6.45) is 0. The molecule has 0 fully saturated rings. The Morgan fingerprint density at radius 3 is 2.73 bits per heavy atom. The van der Waals surface area contributed by atoms with Gasteiger partial charge in [0, 0.05) is 27.8 Å². The van der Waals surface area contributed by atoms with E-state index < -0.39 is 10.8 Å². The molecule has 0 spiro atoms. The number of primary amides is 1. The van der Waals surface area contributed by atoms with Crippen LogP contribution in [0.3, 0.4) is 0 Å². The summed E-state index contributed by atoms with van der Waals surface area (Å²) in [6, 6.07) is 11.7. The van der Waals surface area contributed by atoms with Gasteiger partial charge in [-0.15, -0.1) is 11.8 Å². The van der Waals surface area contributed by atoms with Crippen LogP contribution in [0.15, 0.2) is 47.4 Å². The topological polar surface area (TPSA) is 95.5 Å². The number of amides is 1. The van der Waals surface area contributed by atoms with Gasteiger partial charge in [-0.05, 0) is 24.3 Å². The van der Waals surface area contributed by atoms with Crippen LogP contribution in [0.25, 0.3) is 0 Å². The number of nitrogens with two attached hydrogens (primary N) is 1. The van der Waals surface area contributed by atoms with Crippen molar-refractivity contribution in [3.63, 3.8) is 0 Å². The first-order chi connectivity index (χ1) is 10.5. The minimum Gasteiger partial charge on any atom is -0.497 e. The first kappa shape index (κ1) is 15.8. The quantitative estimate of drug-likeness (QED) is 0.502. The van der Waals surface area contributed by atoms with Crippen molar-refractivity contribution in [2.24, 2.45) is 5.73 Å². The third-order valence-electron chi connectivity index (χ3n) is 3.00. The van der Waals surface area contributed by atoms with Crippen LogP contribution in [0.5, 0.6) is 5.75 Å². The fourth-order valence-corrected chi connectivity index (χ4v) is 2.80. The van der Waals surface area contributed by atoms with Gasteiger partial charge in [-0.1, -0.05) is 12.1 Å². The van der Waals surface area contributed by atoms with Crippen molar-refractivity contribution in [2.45, 2.75) is 10.6 Å². The SMILES string of the molecule is COc1cccc(SCc2ccc(C(N)=O)cc2[N+](=O)[O-])c1. The first-order valence-corrected chi connectivity index (χ1v) is 7.34. The maximum atomic E-state index is 11.1. The van der Waals surface area contributed by atoms with Crippen LogP contribution in [0.1, 0.15) is 15.9 Å². The normalized spacial score (nSPS) is 10.2. The molecule has 0 heterocycles. The van der Waals surface area contributed by atoms with Crippen LogP contribution in [0.4, 0.5) is 5.69 Å². The molecule has 0 saturated carbocycles. The van der Waals surface area contributed by atoms with Gasteiger partial charge in [-0.2, -0.15) is 0 Å². The minimum atomic E-state index is -0.685. The summed E-state index contributed by atoms with van der Waals surface area (Å²) in [5, 5.41) is 11.1. The van der Waals surface area contributed by atoms with E-state index in [2.05, 4.69) is 0 Å². The predicted octanol–water partition coefficient (Wildman–Crippen LogP) is 2.99. The molecule has 2 aromatic rings. The molecule has 114 valence electrons. The van der Waals surface area contributed by atoms with E-state index in [0.717, 1.165) is 10.6 Å². The Labute approximate surface area is 131 Å². The van der Waals surface area contributed by atoms with Gasteiger partial charge in [-0.25, -0.2) is 0 Å². The van der Waals surface area contributed by atoms with Crippen molar-refractivity contribution in [3.05, 3.63) is 63.7 Å². The molecule has 2 rings (SSSR count). The van der Waals surface area contributed by atoms with Crippen molar-refractivity contribution in [3.8, 4) is 5.75 Å². The van der Waals surface area contributed by atoms with E-state index in [1.165, 1.54) is 23.9 Å². The average molecular weight is 318 g/mol. The summed E-state index contributed by atoms with van der Waals surface area (Å²) in [7, 11) is 1.58. The van der Waals surface area contributed by atoms with Gasteiger partial charge in [0.2, 0.25) is 5.91 Å². The second-order valence-electron chi connectivity index (χ2n) is 4.43. The summed E-state index contributed by atoms with van der Waals surface area (Å²) in [5.74, 6) is 0.446. The van der Waals surface area contributed by atoms with Crippen molar-refractivity contribution in [1.29, 1.82) is 0 Å². The van der Waals surface area contributed by atoms with E-state index in [-0.39, 0.29) is 11.3 Å². The number of hydrogen-bond acceptors (Lipinski definition) is 5. The summed E-state index contributed by atoms with van der Waals surface area (Å²) >= 11 is 1.45. The van der Waals surface area contributed by atoms with Crippen LogP contribution >= 0.6 is 11.8 Å². The lowest BCUT2D eigenvalue weighted by Crippen LogP contribution is -2.11. The van der Waals surface area contributed by atoms with Crippen LogP contribution in [0, 0.1) is 10.1 Å². The number of nitro groups is 1. The molecule has 1 amide bonds. The van der Waals surface area contributed by atoms with Crippen molar-refractivity contribution >= 4 is 23.4 Å². The van der Waals surface area contributed by atoms with E-state index >= 15 is 0 Å². The molecular weight excluding hydrogens is 304 g/mol. The maximum Gasteiger partial charge on any atom is 0.274 e. The van der Waals surface area contributed by atoms with Gasteiger partial charge < -0.3 is 10.5 Å². The highest BCUT2D eigenvalue weighted by atomic mass is 32.2. The molecule has 0 aliphatic carbocycles. The van der Waals surface area contributed by atoms with Crippen LogP contribution < -0.4 is 10.5 Å². The third-order valence-corrected chi connectivity index (χ3v) is 4.04. The molecular formula is C15H14N2O4S. The highest BCUT2D eigenvalue weighted by molar-refractivity contribution is 7.98. The predicted molar refractivity (Wildman–Crippen MR) is 84.2 cm³/mol. The highest BCUT2D eigenvalue weighted by Crippen LogP contribution is 2.30. The second-order valence-corrected chi connectivity index (χ2v) is 5.48. The molecule has 22 heavy (non-hydrogen) atoms. The maximum absolute atomic E-state index is 11.1. The second kappa shape index (κ2) is 6.95.